The molecule has 3 aromatic rings. The van der Waals surface area contributed by atoms with Gasteiger partial charge in [-0.05, 0) is 30.3 Å². The molecule has 0 spiro atoms. The summed E-state index contributed by atoms with van der Waals surface area (Å²) < 4.78 is 5.29. The highest BCUT2D eigenvalue weighted by Gasteiger charge is 2.22. The third-order valence-corrected chi connectivity index (χ3v) is 5.08. The van der Waals surface area contributed by atoms with Crippen LogP contribution in [0.25, 0.3) is 0 Å². The molecule has 0 N–H and O–H groups in total. The molecular formula is C21H12Cl3NO5. The maximum atomic E-state index is 12.9. The van der Waals surface area contributed by atoms with Gasteiger partial charge in [-0.25, -0.2) is 4.79 Å². The first-order chi connectivity index (χ1) is 14.3. The lowest BCUT2D eigenvalue weighted by atomic mass is 9.98. The first-order valence-corrected chi connectivity index (χ1v) is 9.60. The molecule has 0 aliphatic rings. The van der Waals surface area contributed by atoms with Crippen molar-refractivity contribution < 1.29 is 19.2 Å². The summed E-state index contributed by atoms with van der Waals surface area (Å²) in [6, 6.07) is 14.5. The number of ketones is 1. The van der Waals surface area contributed by atoms with E-state index in [0.717, 1.165) is 6.07 Å². The normalized spacial score (nSPS) is 10.5. The third kappa shape index (κ3) is 4.79. The average molecular weight is 465 g/mol. The standard InChI is InChI=1S/C21H12Cl3NO5/c22-14-7-5-13(18(24)10-14)11-30-21(27)16-4-2-1-3-15(16)20(26)12-6-8-17(23)19(9-12)25(28)29/h1-10H,11H2. The number of nitro groups is 1. The Labute approximate surface area is 186 Å². The molecule has 0 saturated heterocycles. The topological polar surface area (TPSA) is 86.5 Å². The van der Waals surface area contributed by atoms with Crippen molar-refractivity contribution in [2.24, 2.45) is 0 Å². The van der Waals surface area contributed by atoms with Gasteiger partial charge in [0, 0.05) is 32.8 Å². The number of hydrogen-bond donors (Lipinski definition) is 0. The van der Waals surface area contributed by atoms with E-state index >= 15 is 0 Å². The van der Waals surface area contributed by atoms with Crippen LogP contribution in [0.4, 0.5) is 5.69 Å². The van der Waals surface area contributed by atoms with Crippen LogP contribution in [0.2, 0.25) is 15.1 Å². The second-order valence-corrected chi connectivity index (χ2v) is 7.36. The molecule has 0 aliphatic carbocycles. The van der Waals surface area contributed by atoms with Crippen molar-refractivity contribution in [3.8, 4) is 0 Å². The smallest absolute Gasteiger partial charge is 0.339 e. The highest BCUT2D eigenvalue weighted by Crippen LogP contribution is 2.27. The van der Waals surface area contributed by atoms with Gasteiger partial charge in [0.2, 0.25) is 0 Å². The number of benzene rings is 3. The number of carbonyl (C=O) groups excluding carboxylic acids is 2. The average Bonchev–Trinajstić information content (AvgIpc) is 2.72. The fourth-order valence-electron chi connectivity index (χ4n) is 2.67. The number of nitro benzene ring substituents is 1. The molecule has 0 unspecified atom stereocenters. The van der Waals surface area contributed by atoms with E-state index in [1.165, 1.54) is 30.3 Å². The van der Waals surface area contributed by atoms with Crippen molar-refractivity contribution in [1.29, 1.82) is 0 Å². The van der Waals surface area contributed by atoms with E-state index in [-0.39, 0.29) is 28.3 Å². The van der Waals surface area contributed by atoms with E-state index in [9.17, 15) is 19.7 Å². The Morgan fingerprint density at radius 1 is 0.900 bits per heavy atom. The van der Waals surface area contributed by atoms with Gasteiger partial charge >= 0.3 is 5.97 Å². The molecular weight excluding hydrogens is 453 g/mol. The van der Waals surface area contributed by atoms with Gasteiger partial charge in [0.15, 0.2) is 5.78 Å². The van der Waals surface area contributed by atoms with Gasteiger partial charge < -0.3 is 4.74 Å². The van der Waals surface area contributed by atoms with Crippen molar-refractivity contribution in [3.63, 3.8) is 0 Å². The highest BCUT2D eigenvalue weighted by atomic mass is 35.5. The first-order valence-electron chi connectivity index (χ1n) is 8.46. The lowest BCUT2D eigenvalue weighted by Gasteiger charge is -2.10. The predicted octanol–water partition coefficient (Wildman–Crippen LogP) is 6.14. The predicted molar refractivity (Wildman–Crippen MR) is 114 cm³/mol. The molecule has 0 aromatic heterocycles. The van der Waals surface area contributed by atoms with Crippen LogP contribution in [0.3, 0.4) is 0 Å². The van der Waals surface area contributed by atoms with E-state index in [1.807, 2.05) is 0 Å². The van der Waals surface area contributed by atoms with Crippen LogP contribution in [0, 0.1) is 10.1 Å². The summed E-state index contributed by atoms with van der Waals surface area (Å²) in [5.41, 5.74) is 0.227. The van der Waals surface area contributed by atoms with Crippen LogP contribution in [-0.2, 0) is 11.3 Å². The zero-order valence-corrected chi connectivity index (χ0v) is 17.4. The van der Waals surface area contributed by atoms with Crippen LogP contribution in [0.1, 0.15) is 31.8 Å². The van der Waals surface area contributed by atoms with Crippen molar-refractivity contribution in [1.82, 2.24) is 0 Å². The van der Waals surface area contributed by atoms with E-state index in [1.54, 1.807) is 24.3 Å². The van der Waals surface area contributed by atoms with Crippen LogP contribution in [-0.4, -0.2) is 16.7 Å². The second kappa shape index (κ2) is 9.26. The number of nitrogens with zero attached hydrogens (tertiary/aromatic N) is 1. The zero-order chi connectivity index (χ0) is 21.8. The molecule has 6 nitrogen and oxygen atoms in total. The molecule has 0 saturated carbocycles. The highest BCUT2D eigenvalue weighted by molar-refractivity contribution is 6.35. The van der Waals surface area contributed by atoms with Crippen LogP contribution >= 0.6 is 34.8 Å². The summed E-state index contributed by atoms with van der Waals surface area (Å²) in [5.74, 6) is -1.32. The van der Waals surface area contributed by atoms with Crippen molar-refractivity contribution in [3.05, 3.63) is 108 Å². The number of ether oxygens (including phenoxy) is 1. The van der Waals surface area contributed by atoms with Gasteiger partial charge in [0.05, 0.1) is 10.5 Å². The minimum absolute atomic E-state index is 0.0187. The Morgan fingerprint density at radius 2 is 1.60 bits per heavy atom. The molecule has 9 heteroatoms. The summed E-state index contributed by atoms with van der Waals surface area (Å²) in [7, 11) is 0. The maximum absolute atomic E-state index is 12.9. The SMILES string of the molecule is O=C(OCc1ccc(Cl)cc1Cl)c1ccccc1C(=O)c1ccc(Cl)c([N+](=O)[O-])c1. The van der Waals surface area contributed by atoms with Crippen molar-refractivity contribution >= 4 is 52.2 Å². The van der Waals surface area contributed by atoms with E-state index < -0.39 is 22.4 Å². The lowest BCUT2D eigenvalue weighted by molar-refractivity contribution is -0.384. The molecule has 0 heterocycles. The monoisotopic (exact) mass is 463 g/mol. The van der Waals surface area contributed by atoms with Gasteiger partial charge in [-0.2, -0.15) is 0 Å². The third-order valence-electron chi connectivity index (χ3n) is 4.17. The Kier molecular flexibility index (Phi) is 6.72. The van der Waals surface area contributed by atoms with Gasteiger partial charge in [-0.3, -0.25) is 14.9 Å². The Morgan fingerprint density at radius 3 is 2.27 bits per heavy atom. The molecule has 3 aromatic carbocycles. The zero-order valence-electron chi connectivity index (χ0n) is 15.1. The van der Waals surface area contributed by atoms with Gasteiger partial charge in [-0.15, -0.1) is 0 Å². The Hall–Kier alpha value is -2.93. The fourth-order valence-corrected chi connectivity index (χ4v) is 3.32. The van der Waals surface area contributed by atoms with Crippen molar-refractivity contribution in [2.75, 3.05) is 0 Å². The molecule has 0 bridgehead atoms. The fraction of sp³-hybridized carbons (Fsp3) is 0.0476. The number of halogens is 3. The summed E-state index contributed by atoms with van der Waals surface area (Å²) in [6.07, 6.45) is 0. The van der Waals surface area contributed by atoms with E-state index in [0.29, 0.717) is 15.6 Å². The van der Waals surface area contributed by atoms with Gasteiger partial charge in [0.1, 0.15) is 11.6 Å². The summed E-state index contributed by atoms with van der Waals surface area (Å²) in [4.78, 5) is 35.9. The largest absolute Gasteiger partial charge is 0.457 e. The molecule has 3 rings (SSSR count). The Bertz CT molecular complexity index is 1160. The second-order valence-electron chi connectivity index (χ2n) is 6.11. The lowest BCUT2D eigenvalue weighted by Crippen LogP contribution is -2.13. The van der Waals surface area contributed by atoms with E-state index in [4.69, 9.17) is 39.5 Å². The van der Waals surface area contributed by atoms with Gasteiger partial charge in [0.25, 0.3) is 5.69 Å². The molecule has 0 radical (unpaired) electrons. The summed E-state index contributed by atoms with van der Waals surface area (Å²) in [5, 5.41) is 11.8. The number of esters is 1. The van der Waals surface area contributed by atoms with Crippen LogP contribution in [0.15, 0.2) is 60.7 Å². The van der Waals surface area contributed by atoms with Crippen LogP contribution < -0.4 is 0 Å². The van der Waals surface area contributed by atoms with Crippen molar-refractivity contribution in [2.45, 2.75) is 6.61 Å². The minimum atomic E-state index is -0.742. The molecule has 0 fully saturated rings. The number of hydrogen-bond acceptors (Lipinski definition) is 5. The number of carbonyl (C=O) groups is 2. The molecule has 0 atom stereocenters. The molecule has 0 amide bonds. The maximum Gasteiger partial charge on any atom is 0.339 e. The molecule has 0 aliphatic heterocycles. The first kappa shape index (κ1) is 21.8. The summed E-state index contributed by atoms with van der Waals surface area (Å²) >= 11 is 17.7. The number of rotatable bonds is 6. The quantitative estimate of drug-likeness (QED) is 0.189. The van der Waals surface area contributed by atoms with E-state index in [2.05, 4.69) is 0 Å². The molecule has 152 valence electrons. The van der Waals surface area contributed by atoms with Gasteiger partial charge in [-0.1, -0.05) is 59.1 Å². The van der Waals surface area contributed by atoms with Crippen LogP contribution in [0.5, 0.6) is 0 Å². The minimum Gasteiger partial charge on any atom is -0.457 e. The molecule has 30 heavy (non-hydrogen) atoms. The summed E-state index contributed by atoms with van der Waals surface area (Å²) in [6.45, 7) is -0.121. The Balaban J connectivity index is 1.86.